The lowest BCUT2D eigenvalue weighted by Gasteiger charge is -2.10. The maximum atomic E-state index is 11.7. The largest absolute Gasteiger partial charge is 0.462 e. The van der Waals surface area contributed by atoms with Crippen molar-refractivity contribution < 1.29 is 14.3 Å². The van der Waals surface area contributed by atoms with Crippen LogP contribution >= 0.6 is 0 Å². The topological polar surface area (TPSA) is 98.1 Å². The molecule has 0 aliphatic rings. The molecule has 1 aromatic heterocycles. The van der Waals surface area contributed by atoms with E-state index in [-0.39, 0.29) is 11.5 Å². The van der Waals surface area contributed by atoms with Gasteiger partial charge in [-0.15, -0.1) is 0 Å². The van der Waals surface area contributed by atoms with Gasteiger partial charge in [-0.3, -0.25) is 4.79 Å². The Kier molecular flexibility index (Phi) is 5.40. The third kappa shape index (κ3) is 3.78. The zero-order valence-corrected chi connectivity index (χ0v) is 14.4. The monoisotopic (exact) mass is 337 g/mol. The van der Waals surface area contributed by atoms with Gasteiger partial charge in [0.2, 0.25) is 0 Å². The average Bonchev–Trinajstić information content (AvgIpc) is 2.86. The summed E-state index contributed by atoms with van der Waals surface area (Å²) >= 11 is 0. The minimum absolute atomic E-state index is 0.0992. The number of benzene rings is 1. The second kappa shape index (κ2) is 7.49. The first-order valence-electron chi connectivity index (χ1n) is 7.77. The molecule has 1 amide bonds. The molecule has 1 heterocycles. The Bertz CT molecular complexity index is 884. The van der Waals surface area contributed by atoms with Crippen LogP contribution in [0.2, 0.25) is 0 Å². The number of rotatable bonds is 5. The van der Waals surface area contributed by atoms with E-state index in [1.54, 1.807) is 25.1 Å². The summed E-state index contributed by atoms with van der Waals surface area (Å²) < 4.78 is 6.94. The van der Waals surface area contributed by atoms with Gasteiger partial charge in [-0.25, -0.2) is 4.79 Å². The van der Waals surface area contributed by atoms with E-state index in [1.807, 2.05) is 36.6 Å². The van der Waals surface area contributed by atoms with Crippen molar-refractivity contribution in [2.45, 2.75) is 20.8 Å². The van der Waals surface area contributed by atoms with E-state index in [0.717, 1.165) is 22.6 Å². The van der Waals surface area contributed by atoms with Gasteiger partial charge in [0.05, 0.1) is 12.2 Å². The number of carbonyl (C=O) groups excluding carboxylic acids is 2. The number of nitriles is 1. The third-order valence-electron chi connectivity index (χ3n) is 3.79. The van der Waals surface area contributed by atoms with E-state index in [1.165, 1.54) is 6.08 Å². The number of aromatic nitrogens is 1. The molecule has 0 fully saturated rings. The minimum atomic E-state index is -0.758. The number of esters is 1. The molecule has 0 aliphatic heterocycles. The first kappa shape index (κ1) is 18.0. The molecule has 0 unspecified atom stereocenters. The first-order valence-corrected chi connectivity index (χ1v) is 7.77. The predicted molar refractivity (Wildman–Crippen MR) is 94.0 cm³/mol. The highest BCUT2D eigenvalue weighted by molar-refractivity contribution is 6.00. The highest BCUT2D eigenvalue weighted by atomic mass is 16.5. The van der Waals surface area contributed by atoms with Gasteiger partial charge >= 0.3 is 5.97 Å². The van der Waals surface area contributed by atoms with Crippen LogP contribution in [0.4, 0.5) is 0 Å². The molecule has 1 aromatic carbocycles. The maximum absolute atomic E-state index is 11.7. The summed E-state index contributed by atoms with van der Waals surface area (Å²) in [5.74, 6) is -1.12. The van der Waals surface area contributed by atoms with Gasteiger partial charge in [-0.2, -0.15) is 5.26 Å². The van der Waals surface area contributed by atoms with E-state index in [4.69, 9.17) is 15.7 Å². The molecule has 2 rings (SSSR count). The smallest absolute Gasteiger partial charge is 0.338 e. The molecule has 0 spiro atoms. The second-order valence-corrected chi connectivity index (χ2v) is 5.46. The van der Waals surface area contributed by atoms with Crippen molar-refractivity contribution in [2.24, 2.45) is 5.73 Å². The molecule has 0 atom stereocenters. The number of carbonyl (C=O) groups is 2. The van der Waals surface area contributed by atoms with Crippen molar-refractivity contribution in [3.8, 4) is 11.8 Å². The minimum Gasteiger partial charge on any atom is -0.462 e. The van der Waals surface area contributed by atoms with Crippen LogP contribution in [0, 0.1) is 25.2 Å². The van der Waals surface area contributed by atoms with Crippen molar-refractivity contribution in [3.05, 3.63) is 58.4 Å². The van der Waals surface area contributed by atoms with Crippen LogP contribution < -0.4 is 5.73 Å². The maximum Gasteiger partial charge on any atom is 0.338 e. The molecule has 0 bridgehead atoms. The van der Waals surface area contributed by atoms with Crippen molar-refractivity contribution in [1.29, 1.82) is 5.26 Å². The number of hydrogen-bond acceptors (Lipinski definition) is 4. The fourth-order valence-corrected chi connectivity index (χ4v) is 2.61. The number of nitrogens with zero attached hydrogens (tertiary/aromatic N) is 2. The summed E-state index contributed by atoms with van der Waals surface area (Å²) in [6.07, 6.45) is 1.48. The van der Waals surface area contributed by atoms with Crippen molar-refractivity contribution in [2.75, 3.05) is 6.61 Å². The highest BCUT2D eigenvalue weighted by Gasteiger charge is 2.13. The zero-order valence-electron chi connectivity index (χ0n) is 14.4. The van der Waals surface area contributed by atoms with E-state index in [9.17, 15) is 9.59 Å². The van der Waals surface area contributed by atoms with Gasteiger partial charge in [0, 0.05) is 17.1 Å². The van der Waals surface area contributed by atoms with E-state index in [2.05, 4.69) is 0 Å². The summed E-state index contributed by atoms with van der Waals surface area (Å²) in [5, 5.41) is 9.00. The SMILES string of the molecule is CCOC(=O)c1ccc(-n2c(C)cc(/C=C(\C#N)C(N)=O)c2C)cc1. The highest BCUT2D eigenvalue weighted by Crippen LogP contribution is 2.23. The zero-order chi connectivity index (χ0) is 18.6. The van der Waals surface area contributed by atoms with Gasteiger partial charge in [0.25, 0.3) is 5.91 Å². The average molecular weight is 337 g/mol. The molecule has 25 heavy (non-hydrogen) atoms. The molecule has 2 aromatic rings. The fraction of sp³-hybridized carbons (Fsp3) is 0.211. The molecule has 0 saturated heterocycles. The molecular formula is C19H19N3O3. The summed E-state index contributed by atoms with van der Waals surface area (Å²) in [5.41, 5.74) is 8.95. The molecular weight excluding hydrogens is 318 g/mol. The quantitative estimate of drug-likeness (QED) is 0.515. The van der Waals surface area contributed by atoms with Crippen LogP contribution in [0.5, 0.6) is 0 Å². The Morgan fingerprint density at radius 1 is 1.28 bits per heavy atom. The molecule has 0 aliphatic carbocycles. The lowest BCUT2D eigenvalue weighted by atomic mass is 10.1. The van der Waals surface area contributed by atoms with E-state index < -0.39 is 5.91 Å². The second-order valence-electron chi connectivity index (χ2n) is 5.46. The summed E-state index contributed by atoms with van der Waals surface area (Å²) in [7, 11) is 0. The van der Waals surface area contributed by atoms with Gasteiger partial charge < -0.3 is 15.0 Å². The predicted octanol–water partition coefficient (Wildman–Crippen LogP) is 2.66. The molecule has 0 saturated carbocycles. The van der Waals surface area contributed by atoms with Gasteiger partial charge in [0.15, 0.2) is 0 Å². The molecule has 6 heteroatoms. The Morgan fingerprint density at radius 2 is 1.92 bits per heavy atom. The van der Waals surface area contributed by atoms with E-state index in [0.29, 0.717) is 12.2 Å². The molecule has 2 N–H and O–H groups in total. The van der Waals surface area contributed by atoms with Crippen LogP contribution in [-0.2, 0) is 9.53 Å². The van der Waals surface area contributed by atoms with Gasteiger partial charge in [-0.05, 0) is 62.7 Å². The number of amides is 1. The van der Waals surface area contributed by atoms with Gasteiger partial charge in [0.1, 0.15) is 11.6 Å². The number of primary amides is 1. The molecule has 128 valence electrons. The van der Waals surface area contributed by atoms with Crippen molar-refractivity contribution in [1.82, 2.24) is 4.57 Å². The number of hydrogen-bond donors (Lipinski definition) is 1. The molecule has 0 radical (unpaired) electrons. The van der Waals surface area contributed by atoms with Crippen LogP contribution in [0.15, 0.2) is 35.9 Å². The lowest BCUT2D eigenvalue weighted by Crippen LogP contribution is -2.12. The summed E-state index contributed by atoms with van der Waals surface area (Å²) in [6, 6.07) is 10.7. The standard InChI is InChI=1S/C19H19N3O3/c1-4-25-19(24)14-5-7-17(8-6-14)22-12(2)9-15(13(22)3)10-16(11-20)18(21)23/h5-10H,4H2,1-3H3,(H2,21,23)/b16-10+. The number of ether oxygens (including phenoxy) is 1. The lowest BCUT2D eigenvalue weighted by molar-refractivity contribution is -0.114. The number of nitrogens with two attached hydrogens (primary N) is 1. The van der Waals surface area contributed by atoms with Crippen LogP contribution in [0.1, 0.15) is 34.2 Å². The normalized spacial score (nSPS) is 11.0. The van der Waals surface area contributed by atoms with Crippen molar-refractivity contribution in [3.63, 3.8) is 0 Å². The Hall–Kier alpha value is -3.33. The van der Waals surface area contributed by atoms with Crippen molar-refractivity contribution >= 4 is 18.0 Å². The fourth-order valence-electron chi connectivity index (χ4n) is 2.61. The first-order chi connectivity index (χ1) is 11.9. The van der Waals surface area contributed by atoms with E-state index >= 15 is 0 Å². The summed E-state index contributed by atoms with van der Waals surface area (Å²) in [6.45, 7) is 5.89. The summed E-state index contributed by atoms with van der Waals surface area (Å²) in [4.78, 5) is 23.0. The molecule has 6 nitrogen and oxygen atoms in total. The Balaban J connectivity index is 2.43. The number of aryl methyl sites for hydroxylation is 1. The van der Waals surface area contributed by atoms with Crippen LogP contribution in [0.25, 0.3) is 11.8 Å². The van der Waals surface area contributed by atoms with Crippen LogP contribution in [-0.4, -0.2) is 23.1 Å². The Labute approximate surface area is 146 Å². The Morgan fingerprint density at radius 3 is 2.44 bits per heavy atom. The van der Waals surface area contributed by atoms with Gasteiger partial charge in [-0.1, -0.05) is 0 Å². The van der Waals surface area contributed by atoms with Crippen LogP contribution in [0.3, 0.4) is 0 Å². The third-order valence-corrected chi connectivity index (χ3v) is 3.79.